The monoisotopic (exact) mass is 419 g/mol. The number of esters is 1. The summed E-state index contributed by atoms with van der Waals surface area (Å²) in [5, 5.41) is 0. The number of benzene rings is 2. The molecule has 0 fully saturated rings. The number of hydrogen-bond acceptors (Lipinski definition) is 7. The molecule has 9 heteroatoms. The van der Waals surface area contributed by atoms with Gasteiger partial charge in [0.2, 0.25) is 16.8 Å². The Morgan fingerprint density at radius 2 is 1.76 bits per heavy atom. The lowest BCUT2D eigenvalue weighted by atomic mass is 10.2. The molecule has 0 bridgehead atoms. The molecule has 0 saturated carbocycles. The normalized spacial score (nSPS) is 12.8. The topological polar surface area (TPSA) is 99.2 Å². The molecule has 0 atom stereocenters. The Balaban J connectivity index is 1.51. The van der Waals surface area contributed by atoms with Gasteiger partial charge < -0.3 is 14.2 Å². The van der Waals surface area contributed by atoms with Gasteiger partial charge in [-0.1, -0.05) is 12.1 Å². The summed E-state index contributed by atoms with van der Waals surface area (Å²) in [5.41, 5.74) is 0.442. The van der Waals surface area contributed by atoms with E-state index < -0.39 is 16.0 Å². The van der Waals surface area contributed by atoms with Gasteiger partial charge in [-0.25, -0.2) is 12.7 Å². The largest absolute Gasteiger partial charge is 0.454 e. The Bertz CT molecular complexity index is 1020. The number of rotatable bonds is 8. The molecule has 0 N–H and O–H groups in total. The van der Waals surface area contributed by atoms with Gasteiger partial charge in [-0.05, 0) is 37.6 Å². The van der Waals surface area contributed by atoms with Gasteiger partial charge in [0, 0.05) is 31.6 Å². The molecule has 2 aromatic rings. The number of sulfonamides is 1. The SMILES string of the molecule is CC(=O)c1ccc(S(=O)(=O)N(C)CCCC(=O)Oc2ccc3c(c2)OCO3)cc1. The van der Waals surface area contributed by atoms with E-state index in [2.05, 4.69) is 0 Å². The number of Topliss-reactive ketones (excluding diaryl/α,β-unsaturated/α-hetero) is 1. The van der Waals surface area contributed by atoms with Crippen LogP contribution in [0.25, 0.3) is 0 Å². The first-order valence-electron chi connectivity index (χ1n) is 8.95. The van der Waals surface area contributed by atoms with Crippen LogP contribution in [0.5, 0.6) is 17.2 Å². The van der Waals surface area contributed by atoms with Crippen LogP contribution in [-0.4, -0.2) is 44.9 Å². The highest BCUT2D eigenvalue weighted by Crippen LogP contribution is 2.35. The van der Waals surface area contributed by atoms with Crippen molar-refractivity contribution in [3.05, 3.63) is 48.0 Å². The highest BCUT2D eigenvalue weighted by atomic mass is 32.2. The van der Waals surface area contributed by atoms with Crippen LogP contribution in [0.1, 0.15) is 30.1 Å². The van der Waals surface area contributed by atoms with E-state index in [1.165, 1.54) is 42.5 Å². The highest BCUT2D eigenvalue weighted by molar-refractivity contribution is 7.89. The molecule has 0 unspecified atom stereocenters. The molecule has 2 aromatic carbocycles. The van der Waals surface area contributed by atoms with E-state index in [1.54, 1.807) is 18.2 Å². The zero-order valence-electron chi connectivity index (χ0n) is 16.1. The highest BCUT2D eigenvalue weighted by Gasteiger charge is 2.21. The second kappa shape index (κ2) is 8.62. The van der Waals surface area contributed by atoms with Gasteiger partial charge in [-0.15, -0.1) is 0 Å². The van der Waals surface area contributed by atoms with Gasteiger partial charge in [-0.2, -0.15) is 0 Å². The molecule has 0 aromatic heterocycles. The van der Waals surface area contributed by atoms with Gasteiger partial charge in [0.05, 0.1) is 4.90 Å². The zero-order valence-corrected chi connectivity index (χ0v) is 16.9. The summed E-state index contributed by atoms with van der Waals surface area (Å²) in [5.74, 6) is 0.833. The van der Waals surface area contributed by atoms with Crippen molar-refractivity contribution < 1.29 is 32.2 Å². The molecule has 1 aliphatic heterocycles. The smallest absolute Gasteiger partial charge is 0.311 e. The van der Waals surface area contributed by atoms with Gasteiger partial charge >= 0.3 is 5.97 Å². The van der Waals surface area contributed by atoms with Crippen molar-refractivity contribution in [2.75, 3.05) is 20.4 Å². The summed E-state index contributed by atoms with van der Waals surface area (Å²) < 4.78 is 42.0. The van der Waals surface area contributed by atoms with Crippen LogP contribution in [0.4, 0.5) is 0 Å². The van der Waals surface area contributed by atoms with Crippen LogP contribution < -0.4 is 14.2 Å². The summed E-state index contributed by atoms with van der Waals surface area (Å²) in [4.78, 5) is 23.4. The molecule has 29 heavy (non-hydrogen) atoms. The summed E-state index contributed by atoms with van der Waals surface area (Å²) in [6.07, 6.45) is 0.349. The molecule has 0 radical (unpaired) electrons. The average molecular weight is 419 g/mol. The summed E-state index contributed by atoms with van der Waals surface area (Å²) >= 11 is 0. The van der Waals surface area contributed by atoms with Crippen molar-refractivity contribution in [1.82, 2.24) is 4.31 Å². The number of fused-ring (bicyclic) bond motifs is 1. The van der Waals surface area contributed by atoms with Crippen LogP contribution in [-0.2, 0) is 14.8 Å². The third kappa shape index (κ3) is 4.93. The maximum absolute atomic E-state index is 12.6. The lowest BCUT2D eigenvalue weighted by molar-refractivity contribution is -0.134. The number of nitrogens with zero attached hydrogens (tertiary/aromatic N) is 1. The Morgan fingerprint density at radius 3 is 2.45 bits per heavy atom. The van der Waals surface area contributed by atoms with Crippen molar-refractivity contribution in [2.45, 2.75) is 24.7 Å². The second-order valence-electron chi connectivity index (χ2n) is 6.50. The van der Waals surface area contributed by atoms with Gasteiger partial charge in [0.25, 0.3) is 0 Å². The maximum Gasteiger partial charge on any atom is 0.311 e. The van der Waals surface area contributed by atoms with Crippen LogP contribution >= 0.6 is 0 Å². The molecular weight excluding hydrogens is 398 g/mol. The Hall–Kier alpha value is -2.91. The molecule has 154 valence electrons. The number of ether oxygens (including phenoxy) is 3. The standard InChI is InChI=1S/C20H21NO7S/c1-14(22)15-5-8-17(9-6-15)29(24,25)21(2)11-3-4-20(23)28-16-7-10-18-19(12-16)27-13-26-18/h5-10,12H,3-4,11,13H2,1-2H3. The molecule has 0 amide bonds. The average Bonchev–Trinajstić information content (AvgIpc) is 3.15. The quantitative estimate of drug-likeness (QED) is 0.368. The predicted octanol–water partition coefficient (Wildman–Crippen LogP) is 2.62. The number of ketones is 1. The Kier molecular flexibility index (Phi) is 6.19. The van der Waals surface area contributed by atoms with Crippen LogP contribution in [0.2, 0.25) is 0 Å². The van der Waals surface area contributed by atoms with Crippen LogP contribution in [0.15, 0.2) is 47.4 Å². The number of carbonyl (C=O) groups is 2. The molecule has 3 rings (SSSR count). The zero-order chi connectivity index (χ0) is 21.0. The van der Waals surface area contributed by atoms with Crippen molar-refractivity contribution in [3.63, 3.8) is 0 Å². The van der Waals surface area contributed by atoms with E-state index in [4.69, 9.17) is 14.2 Å². The fourth-order valence-corrected chi connectivity index (χ4v) is 3.94. The third-order valence-electron chi connectivity index (χ3n) is 4.40. The summed E-state index contributed by atoms with van der Waals surface area (Å²) in [6, 6.07) is 10.6. The predicted molar refractivity (Wildman–Crippen MR) is 104 cm³/mol. The van der Waals surface area contributed by atoms with E-state index in [1.807, 2.05) is 0 Å². The minimum absolute atomic E-state index is 0.0532. The number of hydrogen-bond donors (Lipinski definition) is 0. The van der Waals surface area contributed by atoms with Gasteiger partial charge in [-0.3, -0.25) is 9.59 Å². The lowest BCUT2D eigenvalue weighted by Crippen LogP contribution is -2.28. The Labute approximate surface area is 169 Å². The van der Waals surface area contributed by atoms with E-state index >= 15 is 0 Å². The van der Waals surface area contributed by atoms with E-state index in [0.29, 0.717) is 29.2 Å². The maximum atomic E-state index is 12.6. The molecule has 0 spiro atoms. The fourth-order valence-electron chi connectivity index (χ4n) is 2.73. The van der Waals surface area contributed by atoms with Crippen LogP contribution in [0, 0.1) is 0 Å². The first-order valence-corrected chi connectivity index (χ1v) is 10.4. The third-order valence-corrected chi connectivity index (χ3v) is 6.27. The minimum atomic E-state index is -3.71. The van der Waals surface area contributed by atoms with E-state index in [9.17, 15) is 18.0 Å². The number of carbonyl (C=O) groups excluding carboxylic acids is 2. The Morgan fingerprint density at radius 1 is 1.07 bits per heavy atom. The van der Waals surface area contributed by atoms with Crippen molar-refractivity contribution in [2.24, 2.45) is 0 Å². The van der Waals surface area contributed by atoms with E-state index in [-0.39, 0.29) is 30.4 Å². The van der Waals surface area contributed by atoms with Gasteiger partial charge in [0.1, 0.15) is 5.75 Å². The fraction of sp³-hybridized carbons (Fsp3) is 0.300. The van der Waals surface area contributed by atoms with Gasteiger partial charge in [0.15, 0.2) is 17.3 Å². The molecule has 0 saturated heterocycles. The minimum Gasteiger partial charge on any atom is -0.454 e. The lowest BCUT2D eigenvalue weighted by Gasteiger charge is -2.17. The summed E-state index contributed by atoms with van der Waals surface area (Å²) in [6.45, 7) is 1.69. The van der Waals surface area contributed by atoms with E-state index in [0.717, 1.165) is 0 Å². The molecular formula is C20H21NO7S. The molecule has 0 aliphatic carbocycles. The first kappa shape index (κ1) is 20.8. The molecule has 1 aliphatic rings. The summed E-state index contributed by atoms with van der Waals surface area (Å²) in [7, 11) is -2.26. The van der Waals surface area contributed by atoms with Crippen molar-refractivity contribution >= 4 is 21.8 Å². The molecule has 8 nitrogen and oxygen atoms in total. The van der Waals surface area contributed by atoms with Crippen molar-refractivity contribution in [3.8, 4) is 17.2 Å². The van der Waals surface area contributed by atoms with Crippen molar-refractivity contribution in [1.29, 1.82) is 0 Å². The van der Waals surface area contributed by atoms with Crippen LogP contribution in [0.3, 0.4) is 0 Å². The molecule has 1 heterocycles. The second-order valence-corrected chi connectivity index (χ2v) is 8.54. The first-order chi connectivity index (χ1) is 13.8.